The van der Waals surface area contributed by atoms with E-state index in [4.69, 9.17) is 0 Å². The molecular weight excluding hydrogens is 319 g/mol. The van der Waals surface area contributed by atoms with Gasteiger partial charge in [-0.2, -0.15) is 0 Å². The molecule has 0 aliphatic carbocycles. The Morgan fingerprint density at radius 2 is 2.10 bits per heavy atom. The van der Waals surface area contributed by atoms with Gasteiger partial charge in [0.1, 0.15) is 5.82 Å². The minimum Gasteiger partial charge on any atom is -0.311 e. The molecule has 112 valence electrons. The van der Waals surface area contributed by atoms with Crippen molar-refractivity contribution in [1.29, 1.82) is 0 Å². The van der Waals surface area contributed by atoms with E-state index in [9.17, 15) is 4.39 Å². The maximum atomic E-state index is 13.2. The Kier molecular flexibility index (Phi) is 5.21. The van der Waals surface area contributed by atoms with Crippen molar-refractivity contribution in [2.45, 2.75) is 51.7 Å². The van der Waals surface area contributed by atoms with Gasteiger partial charge in [-0.15, -0.1) is 0 Å². The third-order valence-electron chi connectivity index (χ3n) is 4.64. The predicted molar refractivity (Wildman–Crippen MR) is 85.3 cm³/mol. The molecule has 0 bridgehead atoms. The highest BCUT2D eigenvalue weighted by Gasteiger charge is 2.37. The lowest BCUT2D eigenvalue weighted by Crippen LogP contribution is -2.63. The number of nitrogens with one attached hydrogen (secondary N) is 1. The van der Waals surface area contributed by atoms with Crippen LogP contribution in [0.2, 0.25) is 0 Å². The zero-order valence-corrected chi connectivity index (χ0v) is 14.1. The van der Waals surface area contributed by atoms with Gasteiger partial charge in [0.2, 0.25) is 0 Å². The number of rotatable bonds is 4. The minimum absolute atomic E-state index is 0.188. The van der Waals surface area contributed by atoms with Crippen LogP contribution in [-0.2, 0) is 6.54 Å². The summed E-state index contributed by atoms with van der Waals surface area (Å²) < 4.78 is 14.1. The number of piperazine rings is 1. The average Bonchev–Trinajstić information content (AvgIpc) is 2.43. The Morgan fingerprint density at radius 1 is 1.40 bits per heavy atom. The molecule has 0 saturated carbocycles. The quantitative estimate of drug-likeness (QED) is 0.891. The van der Waals surface area contributed by atoms with E-state index in [2.05, 4.69) is 46.9 Å². The summed E-state index contributed by atoms with van der Waals surface area (Å²) in [5.41, 5.74) is 1.37. The van der Waals surface area contributed by atoms with Crippen LogP contribution in [0.1, 0.15) is 39.2 Å². The van der Waals surface area contributed by atoms with Crippen LogP contribution < -0.4 is 5.32 Å². The first kappa shape index (κ1) is 15.9. The van der Waals surface area contributed by atoms with Crippen LogP contribution in [0.25, 0.3) is 0 Å². The first-order chi connectivity index (χ1) is 9.50. The Hall–Kier alpha value is -0.450. The molecule has 1 fully saturated rings. The lowest BCUT2D eigenvalue weighted by atomic mass is 9.87. The Bertz CT molecular complexity index is 460. The van der Waals surface area contributed by atoms with Crippen molar-refractivity contribution in [1.82, 2.24) is 10.2 Å². The smallest absolute Gasteiger partial charge is 0.124 e. The van der Waals surface area contributed by atoms with Crippen molar-refractivity contribution in [3.63, 3.8) is 0 Å². The van der Waals surface area contributed by atoms with Gasteiger partial charge in [-0.05, 0) is 37.5 Å². The number of halogens is 2. The van der Waals surface area contributed by atoms with Crippen molar-refractivity contribution in [3.05, 3.63) is 34.1 Å². The van der Waals surface area contributed by atoms with Crippen molar-refractivity contribution in [2.24, 2.45) is 0 Å². The molecule has 0 spiro atoms. The average molecular weight is 343 g/mol. The van der Waals surface area contributed by atoms with Crippen LogP contribution in [0.3, 0.4) is 0 Å². The second-order valence-electron chi connectivity index (χ2n) is 5.83. The maximum absolute atomic E-state index is 13.2. The summed E-state index contributed by atoms with van der Waals surface area (Å²) in [6, 6.07) is 5.49. The molecule has 1 saturated heterocycles. The number of benzene rings is 1. The van der Waals surface area contributed by atoms with Crippen LogP contribution in [-0.4, -0.2) is 29.6 Å². The molecule has 1 heterocycles. The fraction of sp³-hybridized carbons (Fsp3) is 0.625. The second kappa shape index (κ2) is 6.54. The third-order valence-corrected chi connectivity index (χ3v) is 5.38. The normalized spacial score (nSPS) is 22.9. The molecule has 1 aliphatic rings. The van der Waals surface area contributed by atoms with E-state index in [1.807, 2.05) is 6.07 Å². The van der Waals surface area contributed by atoms with E-state index in [-0.39, 0.29) is 11.4 Å². The highest BCUT2D eigenvalue weighted by atomic mass is 79.9. The molecule has 0 amide bonds. The summed E-state index contributed by atoms with van der Waals surface area (Å²) in [4.78, 5) is 2.56. The second-order valence-corrected chi connectivity index (χ2v) is 6.68. The first-order valence-corrected chi connectivity index (χ1v) is 8.22. The van der Waals surface area contributed by atoms with Gasteiger partial charge >= 0.3 is 0 Å². The maximum Gasteiger partial charge on any atom is 0.124 e. The van der Waals surface area contributed by atoms with E-state index in [0.29, 0.717) is 6.04 Å². The Balaban J connectivity index is 2.23. The first-order valence-electron chi connectivity index (χ1n) is 7.43. The van der Waals surface area contributed by atoms with Crippen molar-refractivity contribution >= 4 is 15.9 Å². The van der Waals surface area contributed by atoms with Crippen LogP contribution in [0.5, 0.6) is 0 Å². The summed E-state index contributed by atoms with van der Waals surface area (Å²) in [5.74, 6) is -0.188. The molecule has 1 unspecified atom stereocenters. The number of hydrogen-bond acceptors (Lipinski definition) is 2. The zero-order valence-electron chi connectivity index (χ0n) is 12.5. The van der Waals surface area contributed by atoms with E-state index < -0.39 is 0 Å². The van der Waals surface area contributed by atoms with Crippen molar-refractivity contribution in [2.75, 3.05) is 13.1 Å². The Morgan fingerprint density at radius 3 is 2.70 bits per heavy atom. The van der Waals surface area contributed by atoms with E-state index in [1.165, 1.54) is 0 Å². The molecule has 1 aromatic rings. The predicted octanol–water partition coefficient (Wildman–Crippen LogP) is 3.94. The van der Waals surface area contributed by atoms with Gasteiger partial charge < -0.3 is 5.32 Å². The molecule has 0 aromatic heterocycles. The summed E-state index contributed by atoms with van der Waals surface area (Å²) in [7, 11) is 0. The highest BCUT2D eigenvalue weighted by molar-refractivity contribution is 9.10. The largest absolute Gasteiger partial charge is 0.311 e. The SMILES string of the molecule is CCC1(CC)CNC(C)CN1Cc1ccc(F)cc1Br. The van der Waals surface area contributed by atoms with Gasteiger partial charge in [0.25, 0.3) is 0 Å². The van der Waals surface area contributed by atoms with Crippen molar-refractivity contribution < 1.29 is 4.39 Å². The molecule has 20 heavy (non-hydrogen) atoms. The molecule has 4 heteroatoms. The van der Waals surface area contributed by atoms with Gasteiger partial charge in [0.15, 0.2) is 0 Å². The fourth-order valence-corrected chi connectivity index (χ4v) is 3.58. The number of nitrogens with zero attached hydrogens (tertiary/aromatic N) is 1. The molecule has 1 aromatic carbocycles. The molecule has 2 rings (SSSR count). The molecule has 1 aliphatic heterocycles. The van der Waals surface area contributed by atoms with Gasteiger partial charge in [0, 0.05) is 35.7 Å². The van der Waals surface area contributed by atoms with Crippen LogP contribution >= 0.6 is 15.9 Å². The zero-order chi connectivity index (χ0) is 14.8. The van der Waals surface area contributed by atoms with E-state index in [1.54, 1.807) is 12.1 Å². The molecule has 2 nitrogen and oxygen atoms in total. The van der Waals surface area contributed by atoms with Crippen molar-refractivity contribution in [3.8, 4) is 0 Å². The molecular formula is C16H24BrFN2. The summed E-state index contributed by atoms with van der Waals surface area (Å²) >= 11 is 3.49. The molecule has 1 atom stereocenters. The summed E-state index contributed by atoms with van der Waals surface area (Å²) in [5, 5.41) is 3.60. The standard InChI is InChI=1S/C16H24BrFN2/c1-4-16(5-2)11-19-12(3)9-20(16)10-13-6-7-14(18)8-15(13)17/h6-8,12,19H,4-5,9-11H2,1-3H3. The summed E-state index contributed by atoms with van der Waals surface area (Å²) in [6.45, 7) is 9.67. The van der Waals surface area contributed by atoms with Gasteiger partial charge in [-0.3, -0.25) is 4.90 Å². The lowest BCUT2D eigenvalue weighted by molar-refractivity contribution is 0.0276. The molecule has 0 radical (unpaired) electrons. The highest BCUT2D eigenvalue weighted by Crippen LogP contribution is 2.30. The molecule has 1 N–H and O–H groups in total. The van der Waals surface area contributed by atoms with Gasteiger partial charge in [-0.1, -0.05) is 35.8 Å². The third kappa shape index (κ3) is 3.23. The Labute approximate surface area is 129 Å². The van der Waals surface area contributed by atoms with Crippen LogP contribution in [0, 0.1) is 5.82 Å². The number of hydrogen-bond donors (Lipinski definition) is 1. The monoisotopic (exact) mass is 342 g/mol. The minimum atomic E-state index is -0.188. The topological polar surface area (TPSA) is 15.3 Å². The van der Waals surface area contributed by atoms with E-state index >= 15 is 0 Å². The lowest BCUT2D eigenvalue weighted by Gasteiger charge is -2.49. The van der Waals surface area contributed by atoms with Crippen LogP contribution in [0.4, 0.5) is 4.39 Å². The van der Waals surface area contributed by atoms with Gasteiger partial charge in [-0.25, -0.2) is 4.39 Å². The fourth-order valence-electron chi connectivity index (χ4n) is 3.10. The van der Waals surface area contributed by atoms with Gasteiger partial charge in [0.05, 0.1) is 0 Å². The van der Waals surface area contributed by atoms with Crippen LogP contribution in [0.15, 0.2) is 22.7 Å². The summed E-state index contributed by atoms with van der Waals surface area (Å²) in [6.07, 6.45) is 2.25. The van der Waals surface area contributed by atoms with E-state index in [0.717, 1.165) is 42.5 Å².